The number of aliphatic hydroxyl groups is 1. The summed E-state index contributed by atoms with van der Waals surface area (Å²) >= 11 is 0. The second kappa shape index (κ2) is 69.3. The molecule has 0 amide bonds. The number of hydrogen-bond donors (Lipinski definition) is 3. The molecule has 97 heavy (non-hydrogen) atoms. The Morgan fingerprint density at radius 3 is 0.845 bits per heavy atom. The van der Waals surface area contributed by atoms with Crippen LogP contribution in [0.25, 0.3) is 0 Å². The van der Waals surface area contributed by atoms with Crippen molar-refractivity contribution >= 4 is 39.5 Å². The van der Waals surface area contributed by atoms with Gasteiger partial charge >= 0.3 is 39.5 Å². The fraction of sp³-hybridized carbons (Fsp3) is 0.897. The van der Waals surface area contributed by atoms with Gasteiger partial charge in [-0.1, -0.05) is 329 Å². The Morgan fingerprint density at radius 1 is 0.320 bits per heavy atom. The van der Waals surface area contributed by atoms with E-state index in [1.807, 2.05) is 0 Å². The second-order valence-corrected chi connectivity index (χ2v) is 31.3. The van der Waals surface area contributed by atoms with E-state index in [1.165, 1.54) is 180 Å². The van der Waals surface area contributed by atoms with E-state index >= 15 is 0 Å². The first-order chi connectivity index (χ1) is 46.9. The lowest BCUT2D eigenvalue weighted by Gasteiger charge is -2.21. The number of carbonyl (C=O) groups excluding carboxylic acids is 4. The van der Waals surface area contributed by atoms with Crippen molar-refractivity contribution in [2.45, 2.75) is 400 Å². The molecule has 0 aliphatic rings. The van der Waals surface area contributed by atoms with Gasteiger partial charge in [0.15, 0.2) is 12.2 Å². The standard InChI is InChI=1S/C78H148O17P2/c1-7-9-11-13-15-17-19-21-23-25-27-32-36-44-50-56-62-77(82)94-73(66-88-75(80)60-54-48-42-35-31-26-24-22-20-18-16-14-12-10-8-2)68-92-96(84,85)90-64-72(79)65-91-97(86,87)93-69-74(67-89-76(81)61-55-49-43-39-38-41-47-53-59-71(5)6)95-78(83)63-57-51-45-37-33-29-28-30-34-40-46-52-58-70(3)4/h18,20,22,24,70-74,79H,7-17,19,21,23,25-69H2,1-6H3,(H,84,85)(H,86,87)/b20-18-,24-22-/t72-,73-,74-/m1/s1. The number of phosphoric acid groups is 2. The maximum absolute atomic E-state index is 13.1. The Morgan fingerprint density at radius 2 is 0.557 bits per heavy atom. The van der Waals surface area contributed by atoms with Crippen LogP contribution in [0.3, 0.4) is 0 Å². The summed E-state index contributed by atoms with van der Waals surface area (Å²) in [6, 6.07) is 0. The third-order valence-corrected chi connectivity index (χ3v) is 19.5. The monoisotopic (exact) mass is 1420 g/mol. The van der Waals surface area contributed by atoms with Crippen LogP contribution in [0.15, 0.2) is 24.3 Å². The normalized spacial score (nSPS) is 14.1. The van der Waals surface area contributed by atoms with E-state index in [-0.39, 0.29) is 25.7 Å². The Hall–Kier alpha value is -2.46. The van der Waals surface area contributed by atoms with Gasteiger partial charge in [0, 0.05) is 25.7 Å². The van der Waals surface area contributed by atoms with Crippen LogP contribution < -0.4 is 0 Å². The van der Waals surface area contributed by atoms with Gasteiger partial charge in [-0.05, 0) is 63.2 Å². The molecule has 19 heteroatoms. The molecule has 0 aromatic rings. The molecule has 0 aromatic carbocycles. The van der Waals surface area contributed by atoms with Gasteiger partial charge < -0.3 is 33.8 Å². The van der Waals surface area contributed by atoms with Gasteiger partial charge in [0.1, 0.15) is 19.3 Å². The van der Waals surface area contributed by atoms with Crippen LogP contribution in [-0.4, -0.2) is 96.7 Å². The molecule has 3 N–H and O–H groups in total. The van der Waals surface area contributed by atoms with Gasteiger partial charge in [-0.2, -0.15) is 0 Å². The quantitative estimate of drug-likeness (QED) is 0.0169. The molecule has 0 saturated heterocycles. The molecule has 5 atom stereocenters. The van der Waals surface area contributed by atoms with E-state index < -0.39 is 97.5 Å². The molecule has 0 bridgehead atoms. The van der Waals surface area contributed by atoms with Crippen LogP contribution in [0.4, 0.5) is 0 Å². The Balaban J connectivity index is 5.30. The van der Waals surface area contributed by atoms with Crippen molar-refractivity contribution in [2.75, 3.05) is 39.6 Å². The zero-order chi connectivity index (χ0) is 71.4. The van der Waals surface area contributed by atoms with Gasteiger partial charge in [-0.25, -0.2) is 9.13 Å². The summed E-state index contributed by atoms with van der Waals surface area (Å²) in [5.74, 6) is -0.643. The predicted octanol–water partition coefficient (Wildman–Crippen LogP) is 22.7. The van der Waals surface area contributed by atoms with E-state index in [2.05, 4.69) is 65.8 Å². The number of aliphatic hydroxyl groups excluding tert-OH is 1. The minimum Gasteiger partial charge on any atom is -0.462 e. The number of rotatable bonds is 75. The maximum atomic E-state index is 13.1. The average Bonchev–Trinajstić information content (AvgIpc) is 1.52. The summed E-state index contributed by atoms with van der Waals surface area (Å²) in [6.07, 6.45) is 60.4. The van der Waals surface area contributed by atoms with Crippen LogP contribution in [0, 0.1) is 11.8 Å². The Kier molecular flexibility index (Phi) is 67.5. The SMILES string of the molecule is CCCCCC/C=C\C=C/CCCCCCCC(=O)OC[C@H](COP(=O)(O)OC[C@@H](O)COP(=O)(O)OC[C@@H](COC(=O)CCCCCCCCCCC(C)C)OC(=O)CCCCCCCCCCCCCCC(C)C)OC(=O)CCCCCCCCCCCCCCCCCC. The van der Waals surface area contributed by atoms with Crippen molar-refractivity contribution in [2.24, 2.45) is 11.8 Å². The van der Waals surface area contributed by atoms with Crippen LogP contribution in [0.1, 0.15) is 382 Å². The highest BCUT2D eigenvalue weighted by Crippen LogP contribution is 2.45. The summed E-state index contributed by atoms with van der Waals surface area (Å²) in [6.45, 7) is 9.52. The third-order valence-electron chi connectivity index (χ3n) is 17.6. The molecule has 0 fully saturated rings. The van der Waals surface area contributed by atoms with E-state index in [0.29, 0.717) is 25.7 Å². The zero-order valence-corrected chi connectivity index (χ0v) is 64.7. The largest absolute Gasteiger partial charge is 0.472 e. The summed E-state index contributed by atoms with van der Waals surface area (Å²) in [7, 11) is -9.93. The van der Waals surface area contributed by atoms with Crippen molar-refractivity contribution in [1.29, 1.82) is 0 Å². The number of unbranched alkanes of at least 4 members (excludes halogenated alkanes) is 42. The molecular formula is C78H148O17P2. The van der Waals surface area contributed by atoms with Crippen molar-refractivity contribution < 1.29 is 80.2 Å². The molecule has 0 rings (SSSR count). The van der Waals surface area contributed by atoms with E-state index in [1.54, 1.807) is 0 Å². The van der Waals surface area contributed by atoms with Crippen LogP contribution in [0.5, 0.6) is 0 Å². The van der Waals surface area contributed by atoms with Crippen molar-refractivity contribution in [3.8, 4) is 0 Å². The van der Waals surface area contributed by atoms with Gasteiger partial charge in [0.2, 0.25) is 0 Å². The van der Waals surface area contributed by atoms with Crippen molar-refractivity contribution in [3.63, 3.8) is 0 Å². The average molecular weight is 1420 g/mol. The van der Waals surface area contributed by atoms with Crippen LogP contribution in [0.2, 0.25) is 0 Å². The van der Waals surface area contributed by atoms with Crippen molar-refractivity contribution in [1.82, 2.24) is 0 Å². The van der Waals surface area contributed by atoms with Crippen LogP contribution >= 0.6 is 15.6 Å². The maximum Gasteiger partial charge on any atom is 0.472 e. The lowest BCUT2D eigenvalue weighted by atomic mass is 10.0. The highest BCUT2D eigenvalue weighted by atomic mass is 31.2. The molecule has 2 unspecified atom stereocenters. The number of ether oxygens (including phenoxy) is 4. The molecule has 17 nitrogen and oxygen atoms in total. The second-order valence-electron chi connectivity index (χ2n) is 28.4. The zero-order valence-electron chi connectivity index (χ0n) is 62.9. The van der Waals surface area contributed by atoms with Gasteiger partial charge in [0.25, 0.3) is 0 Å². The smallest absolute Gasteiger partial charge is 0.462 e. The summed E-state index contributed by atoms with van der Waals surface area (Å²) in [5.41, 5.74) is 0. The minimum absolute atomic E-state index is 0.101. The molecular weight excluding hydrogens is 1270 g/mol. The third kappa shape index (κ3) is 71.7. The highest BCUT2D eigenvalue weighted by molar-refractivity contribution is 7.47. The first-order valence-corrected chi connectivity index (χ1v) is 42.8. The lowest BCUT2D eigenvalue weighted by Crippen LogP contribution is -2.30. The molecule has 572 valence electrons. The van der Waals surface area contributed by atoms with Gasteiger partial charge in [0.05, 0.1) is 26.4 Å². The topological polar surface area (TPSA) is 237 Å². The number of hydrogen-bond acceptors (Lipinski definition) is 15. The molecule has 0 spiro atoms. The molecule has 0 saturated carbocycles. The van der Waals surface area contributed by atoms with Gasteiger partial charge in [-0.15, -0.1) is 0 Å². The van der Waals surface area contributed by atoms with E-state index in [0.717, 1.165) is 121 Å². The number of phosphoric ester groups is 2. The highest BCUT2D eigenvalue weighted by Gasteiger charge is 2.30. The molecule has 0 radical (unpaired) electrons. The number of esters is 4. The summed E-state index contributed by atoms with van der Waals surface area (Å²) < 4.78 is 68.6. The minimum atomic E-state index is -4.97. The molecule has 0 aliphatic carbocycles. The Bertz CT molecular complexity index is 1970. The van der Waals surface area contributed by atoms with Crippen LogP contribution in [-0.2, 0) is 65.4 Å². The lowest BCUT2D eigenvalue weighted by molar-refractivity contribution is -0.161. The van der Waals surface area contributed by atoms with E-state index in [4.69, 9.17) is 37.0 Å². The fourth-order valence-corrected chi connectivity index (χ4v) is 13.0. The fourth-order valence-electron chi connectivity index (χ4n) is 11.5. The molecule has 0 aliphatic heterocycles. The van der Waals surface area contributed by atoms with Crippen molar-refractivity contribution in [3.05, 3.63) is 24.3 Å². The first-order valence-electron chi connectivity index (χ1n) is 39.8. The van der Waals surface area contributed by atoms with E-state index in [9.17, 15) is 43.2 Å². The van der Waals surface area contributed by atoms with Gasteiger partial charge in [-0.3, -0.25) is 37.3 Å². The summed E-state index contributed by atoms with van der Waals surface area (Å²) in [4.78, 5) is 72.9. The number of carbonyl (C=O) groups is 4. The predicted molar refractivity (Wildman–Crippen MR) is 395 cm³/mol. The first kappa shape index (κ1) is 94.5. The molecule has 0 heterocycles. The number of allylic oxidation sites excluding steroid dienone is 4. The molecule has 0 aromatic heterocycles. The Labute approximate surface area is 592 Å². The summed E-state index contributed by atoms with van der Waals surface area (Å²) in [5, 5.41) is 10.6.